The number of halogens is 1. The van der Waals surface area contributed by atoms with Gasteiger partial charge in [0, 0.05) is 46.7 Å². The minimum atomic E-state index is -0.491. The molecule has 0 bridgehead atoms. The van der Waals surface area contributed by atoms with Crippen LogP contribution >= 0.6 is 0 Å². The van der Waals surface area contributed by atoms with E-state index in [1.807, 2.05) is 45.6 Å². The molecule has 0 atom stereocenters. The van der Waals surface area contributed by atoms with Crippen LogP contribution in [0.1, 0.15) is 109 Å². The van der Waals surface area contributed by atoms with Crippen molar-refractivity contribution in [3.63, 3.8) is 0 Å². The van der Waals surface area contributed by atoms with Crippen LogP contribution in [0.2, 0.25) is 0 Å². The Bertz CT molecular complexity index is 1340. The third-order valence-electron chi connectivity index (χ3n) is 8.05. The number of hydrogen-bond donors (Lipinski definition) is 0. The summed E-state index contributed by atoms with van der Waals surface area (Å²) in [5, 5.41) is 0. The van der Waals surface area contributed by atoms with E-state index >= 15 is 0 Å². The molecule has 226 valence electrons. The quantitative estimate of drug-likeness (QED) is 0.331. The average molecular weight is 567 g/mol. The summed E-state index contributed by atoms with van der Waals surface area (Å²) in [7, 11) is 0. The first-order chi connectivity index (χ1) is 18.7. The van der Waals surface area contributed by atoms with E-state index in [2.05, 4.69) is 64.9 Å². The number of anilines is 1. The lowest BCUT2D eigenvalue weighted by molar-refractivity contribution is -0.113. The van der Waals surface area contributed by atoms with Gasteiger partial charge in [0.25, 0.3) is 11.8 Å². The molecule has 0 fully saturated rings. The first kappa shape index (κ1) is 32.6. The highest BCUT2D eigenvalue weighted by molar-refractivity contribution is 6.36. The van der Waals surface area contributed by atoms with Crippen LogP contribution < -0.4 is 4.90 Å². The normalized spacial score (nSPS) is 15.3. The monoisotopic (exact) mass is 566 g/mol. The fourth-order valence-electron chi connectivity index (χ4n) is 6.08. The smallest absolute Gasteiger partial charge is 0.259 e. The van der Waals surface area contributed by atoms with Crippen LogP contribution in [0, 0.1) is 19.7 Å². The predicted molar refractivity (Wildman–Crippen MR) is 169 cm³/mol. The summed E-state index contributed by atoms with van der Waals surface area (Å²) in [5.74, 6) is -0.565. The van der Waals surface area contributed by atoms with E-state index in [0.717, 1.165) is 36.6 Å². The maximum atomic E-state index is 14.5. The van der Waals surface area contributed by atoms with Crippen molar-refractivity contribution in [3.05, 3.63) is 52.1 Å². The molecule has 7 heteroatoms. The van der Waals surface area contributed by atoms with Crippen LogP contribution in [-0.4, -0.2) is 63.4 Å². The first-order valence-electron chi connectivity index (χ1n) is 14.9. The second kappa shape index (κ2) is 11.4. The number of benzene rings is 1. The molecule has 0 aliphatic carbocycles. The summed E-state index contributed by atoms with van der Waals surface area (Å²) in [6.07, 6.45) is 1.87. The van der Waals surface area contributed by atoms with Crippen LogP contribution in [0.3, 0.4) is 0 Å². The third-order valence-corrected chi connectivity index (χ3v) is 8.05. The number of nitrogens with zero attached hydrogens (tertiary/aromatic N) is 4. The highest BCUT2D eigenvalue weighted by Gasteiger charge is 2.40. The van der Waals surface area contributed by atoms with Crippen molar-refractivity contribution in [2.45, 2.75) is 107 Å². The lowest BCUT2D eigenvalue weighted by atomic mass is 10.0. The van der Waals surface area contributed by atoms with Gasteiger partial charge >= 0.3 is 0 Å². The molecule has 0 saturated carbocycles. The summed E-state index contributed by atoms with van der Waals surface area (Å²) in [5.41, 5.74) is 3.62. The summed E-state index contributed by atoms with van der Waals surface area (Å²) >= 11 is 0. The highest BCUT2D eigenvalue weighted by Crippen LogP contribution is 2.43. The van der Waals surface area contributed by atoms with E-state index in [4.69, 9.17) is 0 Å². The molecule has 3 rings (SSSR count). The van der Waals surface area contributed by atoms with E-state index in [1.54, 1.807) is 11.0 Å². The number of hydrogen-bond acceptors (Lipinski definition) is 3. The number of carbonyl (C=O) groups is 2. The first-order valence-corrected chi connectivity index (χ1v) is 14.9. The lowest BCUT2D eigenvalue weighted by Gasteiger charge is -2.37. The van der Waals surface area contributed by atoms with E-state index in [9.17, 15) is 14.0 Å². The molecule has 0 spiro atoms. The molecule has 1 aliphatic heterocycles. The molecule has 6 nitrogen and oxygen atoms in total. The van der Waals surface area contributed by atoms with Gasteiger partial charge in [-0.05, 0) is 119 Å². The van der Waals surface area contributed by atoms with Crippen LogP contribution in [0.25, 0.3) is 11.6 Å². The van der Waals surface area contributed by atoms with Crippen molar-refractivity contribution in [1.29, 1.82) is 0 Å². The number of carbonyl (C=O) groups excluding carboxylic acids is 2. The summed E-state index contributed by atoms with van der Waals surface area (Å²) < 4.78 is 16.7. The fourth-order valence-corrected chi connectivity index (χ4v) is 6.08. The number of amides is 2. The Labute approximate surface area is 247 Å². The largest absolute Gasteiger partial charge is 0.339 e. The molecule has 2 amide bonds. The van der Waals surface area contributed by atoms with Gasteiger partial charge in [-0.1, -0.05) is 13.8 Å². The number of likely N-dealkylation sites (N-methyl/N-ethyl adjacent to an activating group) is 1. The fraction of sp³-hybridized carbons (Fsp3) is 0.588. The van der Waals surface area contributed by atoms with Crippen LogP contribution in [-0.2, 0) is 10.3 Å². The van der Waals surface area contributed by atoms with Crippen molar-refractivity contribution >= 4 is 29.2 Å². The number of aromatic nitrogens is 1. The van der Waals surface area contributed by atoms with Crippen molar-refractivity contribution < 1.29 is 14.0 Å². The number of rotatable bonds is 7. The van der Waals surface area contributed by atoms with Gasteiger partial charge in [0.1, 0.15) is 5.82 Å². The second-order valence-electron chi connectivity index (χ2n) is 14.2. The zero-order valence-corrected chi connectivity index (χ0v) is 27.6. The van der Waals surface area contributed by atoms with E-state index < -0.39 is 5.54 Å². The molecule has 0 N–H and O–H groups in total. The highest BCUT2D eigenvalue weighted by atomic mass is 19.1. The van der Waals surface area contributed by atoms with Gasteiger partial charge in [0.05, 0.1) is 16.8 Å². The van der Waals surface area contributed by atoms with Crippen molar-refractivity contribution in [2.24, 2.45) is 0 Å². The molecule has 2 heterocycles. The Kier molecular flexibility index (Phi) is 9.05. The molecule has 1 aliphatic rings. The van der Waals surface area contributed by atoms with Gasteiger partial charge in [-0.2, -0.15) is 0 Å². The summed E-state index contributed by atoms with van der Waals surface area (Å²) in [6.45, 7) is 30.0. The molecule has 1 aromatic heterocycles. The van der Waals surface area contributed by atoms with Crippen LogP contribution in [0.5, 0.6) is 0 Å². The van der Waals surface area contributed by atoms with Crippen LogP contribution in [0.4, 0.5) is 10.1 Å². The summed E-state index contributed by atoms with van der Waals surface area (Å²) in [4.78, 5) is 34.3. The Hall–Kier alpha value is -2.93. The third kappa shape index (κ3) is 6.30. The second-order valence-corrected chi connectivity index (χ2v) is 14.2. The Balaban J connectivity index is 2.26. The Morgan fingerprint density at radius 3 is 2.00 bits per heavy atom. The predicted octanol–water partition coefficient (Wildman–Crippen LogP) is 7.27. The van der Waals surface area contributed by atoms with Crippen molar-refractivity contribution in [1.82, 2.24) is 14.4 Å². The SMILES string of the molecule is CCN(CC)CCN(C(=O)c1c(C)c(/C=C2\C(=O)N(C(C)(C)C)c3ccc(F)cc32)n(C(C)(C)C)c1C)C(C)(C)C. The van der Waals surface area contributed by atoms with Gasteiger partial charge in [-0.3, -0.25) is 9.59 Å². The molecular formula is C34H51FN4O2. The van der Waals surface area contributed by atoms with E-state index in [0.29, 0.717) is 28.9 Å². The maximum absolute atomic E-state index is 14.5. The number of fused-ring (bicyclic) bond motifs is 1. The van der Waals surface area contributed by atoms with Gasteiger partial charge < -0.3 is 19.3 Å². The van der Waals surface area contributed by atoms with Crippen molar-refractivity contribution in [3.8, 4) is 0 Å². The van der Waals surface area contributed by atoms with Gasteiger partial charge in [0.15, 0.2) is 0 Å². The Morgan fingerprint density at radius 2 is 1.51 bits per heavy atom. The van der Waals surface area contributed by atoms with Crippen LogP contribution in [0.15, 0.2) is 18.2 Å². The summed E-state index contributed by atoms with van der Waals surface area (Å²) in [6, 6.07) is 4.52. The molecule has 1 aromatic carbocycles. The van der Waals surface area contributed by atoms with Gasteiger partial charge in [-0.15, -0.1) is 0 Å². The van der Waals surface area contributed by atoms with Crippen molar-refractivity contribution in [2.75, 3.05) is 31.1 Å². The maximum Gasteiger partial charge on any atom is 0.259 e. The lowest BCUT2D eigenvalue weighted by Crippen LogP contribution is -2.49. The molecular weight excluding hydrogens is 515 g/mol. The molecule has 2 aromatic rings. The molecule has 0 unspecified atom stereocenters. The minimum absolute atomic E-state index is 0.0113. The van der Waals surface area contributed by atoms with E-state index in [-0.39, 0.29) is 28.7 Å². The zero-order chi connectivity index (χ0) is 31.2. The Morgan fingerprint density at radius 1 is 0.927 bits per heavy atom. The molecule has 41 heavy (non-hydrogen) atoms. The van der Waals surface area contributed by atoms with Gasteiger partial charge in [-0.25, -0.2) is 4.39 Å². The average Bonchev–Trinajstić information content (AvgIpc) is 3.24. The molecule has 0 saturated heterocycles. The topological polar surface area (TPSA) is 48.8 Å². The standard InChI is InChI=1S/C34H51FN4O2/c1-14-36(15-2)18-19-37(32(5,6)7)31(41)29-22(3)28(38(23(29)4)33(8,9)10)21-26-25-20-24(35)16-17-27(25)39(30(26)40)34(11,12)13/h16-17,20-21H,14-15,18-19H2,1-13H3/b26-21-. The zero-order valence-electron chi connectivity index (χ0n) is 27.6. The minimum Gasteiger partial charge on any atom is -0.339 e. The van der Waals surface area contributed by atoms with E-state index in [1.165, 1.54) is 12.1 Å². The van der Waals surface area contributed by atoms with Gasteiger partial charge in [0.2, 0.25) is 0 Å². The molecule has 0 radical (unpaired) electrons.